The Morgan fingerprint density at radius 1 is 1.03 bits per heavy atom. The van der Waals surface area contributed by atoms with Crippen LogP contribution in [-0.2, 0) is 11.3 Å². The van der Waals surface area contributed by atoms with Gasteiger partial charge in [0.2, 0.25) is 5.91 Å². The Kier molecular flexibility index (Phi) is 6.07. The molecule has 0 spiro atoms. The SMILES string of the molecule is Cc1ccc(-c2nccc(N3CCC(C(=O)NCc4ccccc4C)CC3)n2)cc1. The average Bonchev–Trinajstić information content (AvgIpc) is 2.79. The summed E-state index contributed by atoms with van der Waals surface area (Å²) in [5.41, 5.74) is 4.62. The molecule has 1 amide bonds. The van der Waals surface area contributed by atoms with Gasteiger partial charge in [0.15, 0.2) is 5.82 Å². The number of aryl methyl sites for hydroxylation is 2. The molecular weight excluding hydrogens is 372 g/mol. The van der Waals surface area contributed by atoms with Crippen molar-refractivity contribution in [1.82, 2.24) is 15.3 Å². The number of piperidine rings is 1. The third-order valence-electron chi connectivity index (χ3n) is 5.85. The quantitative estimate of drug-likeness (QED) is 0.694. The highest BCUT2D eigenvalue weighted by Gasteiger charge is 2.25. The average molecular weight is 401 g/mol. The topological polar surface area (TPSA) is 58.1 Å². The monoisotopic (exact) mass is 400 g/mol. The molecule has 0 radical (unpaired) electrons. The first kappa shape index (κ1) is 20.1. The molecule has 0 atom stereocenters. The summed E-state index contributed by atoms with van der Waals surface area (Å²) in [5, 5.41) is 3.12. The van der Waals surface area contributed by atoms with E-state index in [1.54, 1.807) is 0 Å². The number of carbonyl (C=O) groups excluding carboxylic acids is 1. The molecule has 0 aliphatic carbocycles. The third kappa shape index (κ3) is 4.67. The van der Waals surface area contributed by atoms with Crippen LogP contribution in [0.3, 0.4) is 0 Å². The highest BCUT2D eigenvalue weighted by Crippen LogP contribution is 2.24. The highest BCUT2D eigenvalue weighted by atomic mass is 16.1. The van der Waals surface area contributed by atoms with E-state index in [1.807, 2.05) is 24.4 Å². The van der Waals surface area contributed by atoms with E-state index in [0.29, 0.717) is 6.54 Å². The Hall–Kier alpha value is -3.21. The lowest BCUT2D eigenvalue weighted by atomic mass is 9.95. The molecule has 0 saturated carbocycles. The van der Waals surface area contributed by atoms with Crippen molar-refractivity contribution in [2.24, 2.45) is 5.92 Å². The summed E-state index contributed by atoms with van der Waals surface area (Å²) in [5.74, 6) is 1.88. The maximum absolute atomic E-state index is 12.6. The zero-order valence-corrected chi connectivity index (χ0v) is 17.6. The molecule has 0 unspecified atom stereocenters. The molecule has 2 heterocycles. The van der Waals surface area contributed by atoms with Gasteiger partial charge in [-0.2, -0.15) is 0 Å². The second-order valence-corrected chi connectivity index (χ2v) is 8.01. The number of hydrogen-bond acceptors (Lipinski definition) is 4. The Labute approximate surface area is 178 Å². The van der Waals surface area contributed by atoms with E-state index in [-0.39, 0.29) is 11.8 Å². The number of nitrogens with zero attached hydrogens (tertiary/aromatic N) is 3. The van der Waals surface area contributed by atoms with E-state index in [0.717, 1.165) is 43.1 Å². The van der Waals surface area contributed by atoms with Crippen LogP contribution in [0, 0.1) is 19.8 Å². The summed E-state index contributed by atoms with van der Waals surface area (Å²) >= 11 is 0. The molecule has 1 N–H and O–H groups in total. The van der Waals surface area contributed by atoms with Gasteiger partial charge in [0, 0.05) is 37.3 Å². The molecule has 5 nitrogen and oxygen atoms in total. The molecule has 3 aromatic rings. The zero-order valence-electron chi connectivity index (χ0n) is 17.6. The van der Waals surface area contributed by atoms with Crippen molar-refractivity contribution in [1.29, 1.82) is 0 Å². The van der Waals surface area contributed by atoms with E-state index >= 15 is 0 Å². The number of benzene rings is 2. The highest BCUT2D eigenvalue weighted by molar-refractivity contribution is 5.79. The Morgan fingerprint density at radius 2 is 1.77 bits per heavy atom. The number of rotatable bonds is 5. The Morgan fingerprint density at radius 3 is 2.50 bits per heavy atom. The van der Waals surface area contributed by atoms with Gasteiger partial charge < -0.3 is 10.2 Å². The predicted molar refractivity (Wildman–Crippen MR) is 120 cm³/mol. The predicted octanol–water partition coefficient (Wildman–Crippen LogP) is 4.29. The zero-order chi connectivity index (χ0) is 20.9. The molecular formula is C25H28N4O. The minimum atomic E-state index is 0.0590. The summed E-state index contributed by atoms with van der Waals surface area (Å²) in [7, 11) is 0. The number of anilines is 1. The number of carbonyl (C=O) groups is 1. The Balaban J connectivity index is 1.34. The van der Waals surface area contributed by atoms with Crippen LogP contribution in [0.1, 0.15) is 29.5 Å². The van der Waals surface area contributed by atoms with Crippen LogP contribution >= 0.6 is 0 Å². The summed E-state index contributed by atoms with van der Waals surface area (Å²) in [6.07, 6.45) is 3.49. The number of hydrogen-bond donors (Lipinski definition) is 1. The third-order valence-corrected chi connectivity index (χ3v) is 5.85. The molecule has 30 heavy (non-hydrogen) atoms. The molecule has 1 aliphatic rings. The largest absolute Gasteiger partial charge is 0.356 e. The molecule has 4 rings (SSSR count). The van der Waals surface area contributed by atoms with E-state index in [9.17, 15) is 4.79 Å². The smallest absolute Gasteiger partial charge is 0.223 e. The number of nitrogens with one attached hydrogen (secondary N) is 1. The maximum atomic E-state index is 12.6. The lowest BCUT2D eigenvalue weighted by molar-refractivity contribution is -0.125. The van der Waals surface area contributed by atoms with Crippen LogP contribution in [0.4, 0.5) is 5.82 Å². The van der Waals surface area contributed by atoms with Crippen molar-refractivity contribution in [3.63, 3.8) is 0 Å². The Bertz CT molecular complexity index is 1010. The fourth-order valence-corrected chi connectivity index (χ4v) is 3.87. The van der Waals surface area contributed by atoms with Crippen molar-refractivity contribution in [2.45, 2.75) is 33.2 Å². The van der Waals surface area contributed by atoms with Crippen molar-refractivity contribution in [3.05, 3.63) is 77.5 Å². The van der Waals surface area contributed by atoms with Crippen molar-refractivity contribution in [3.8, 4) is 11.4 Å². The molecule has 0 bridgehead atoms. The van der Waals surface area contributed by atoms with Crippen molar-refractivity contribution < 1.29 is 4.79 Å². The molecule has 1 aromatic heterocycles. The van der Waals surface area contributed by atoms with Gasteiger partial charge in [0.1, 0.15) is 5.82 Å². The minimum Gasteiger partial charge on any atom is -0.356 e. The summed E-state index contributed by atoms with van der Waals surface area (Å²) in [6, 6.07) is 18.4. The normalized spacial score (nSPS) is 14.5. The van der Waals surface area contributed by atoms with Gasteiger partial charge in [-0.1, -0.05) is 54.1 Å². The molecule has 5 heteroatoms. The van der Waals surface area contributed by atoms with Crippen LogP contribution in [0.25, 0.3) is 11.4 Å². The second-order valence-electron chi connectivity index (χ2n) is 8.01. The fraction of sp³-hybridized carbons (Fsp3) is 0.320. The summed E-state index contributed by atoms with van der Waals surface area (Å²) in [6.45, 7) is 6.39. The van der Waals surface area contributed by atoms with Crippen LogP contribution in [-0.4, -0.2) is 29.0 Å². The first-order chi connectivity index (χ1) is 14.6. The van der Waals surface area contributed by atoms with Gasteiger partial charge in [0.05, 0.1) is 0 Å². The summed E-state index contributed by atoms with van der Waals surface area (Å²) < 4.78 is 0. The fourth-order valence-electron chi connectivity index (χ4n) is 3.87. The van der Waals surface area contributed by atoms with Crippen LogP contribution < -0.4 is 10.2 Å². The van der Waals surface area contributed by atoms with Gasteiger partial charge >= 0.3 is 0 Å². The lowest BCUT2D eigenvalue weighted by Crippen LogP contribution is -2.40. The lowest BCUT2D eigenvalue weighted by Gasteiger charge is -2.32. The molecule has 154 valence electrons. The van der Waals surface area contributed by atoms with Gasteiger partial charge in [-0.15, -0.1) is 0 Å². The molecule has 1 fully saturated rings. The van der Waals surface area contributed by atoms with E-state index < -0.39 is 0 Å². The van der Waals surface area contributed by atoms with Crippen molar-refractivity contribution >= 4 is 11.7 Å². The standard InChI is InChI=1S/C25H28N4O/c1-18-7-9-20(10-8-18)24-26-14-11-23(28-24)29-15-12-21(13-16-29)25(30)27-17-22-6-4-3-5-19(22)2/h3-11,14,21H,12-13,15-17H2,1-2H3,(H,27,30). The summed E-state index contributed by atoms with van der Waals surface area (Å²) in [4.78, 5) is 24.1. The first-order valence-electron chi connectivity index (χ1n) is 10.6. The first-order valence-corrected chi connectivity index (χ1v) is 10.6. The molecule has 2 aromatic carbocycles. The van der Waals surface area contributed by atoms with Gasteiger partial charge in [0.25, 0.3) is 0 Å². The van der Waals surface area contributed by atoms with E-state index in [2.05, 4.69) is 65.4 Å². The second kappa shape index (κ2) is 9.08. The molecule has 1 aliphatic heterocycles. The number of amides is 1. The van der Waals surface area contributed by atoms with Gasteiger partial charge in [-0.3, -0.25) is 4.79 Å². The van der Waals surface area contributed by atoms with Crippen LogP contribution in [0.2, 0.25) is 0 Å². The minimum absolute atomic E-state index is 0.0590. The maximum Gasteiger partial charge on any atom is 0.223 e. The van der Waals surface area contributed by atoms with Gasteiger partial charge in [-0.25, -0.2) is 9.97 Å². The van der Waals surface area contributed by atoms with E-state index in [1.165, 1.54) is 16.7 Å². The van der Waals surface area contributed by atoms with E-state index in [4.69, 9.17) is 4.98 Å². The molecule has 1 saturated heterocycles. The van der Waals surface area contributed by atoms with Crippen LogP contribution in [0.15, 0.2) is 60.8 Å². The van der Waals surface area contributed by atoms with Crippen molar-refractivity contribution in [2.75, 3.05) is 18.0 Å². The van der Waals surface area contributed by atoms with Gasteiger partial charge in [-0.05, 0) is 43.9 Å². The van der Waals surface area contributed by atoms with Crippen LogP contribution in [0.5, 0.6) is 0 Å². The number of aromatic nitrogens is 2.